The number of anilines is 2. The van der Waals surface area contributed by atoms with E-state index in [2.05, 4.69) is 10.6 Å². The van der Waals surface area contributed by atoms with Crippen molar-refractivity contribution in [2.45, 2.75) is 32.8 Å². The molecule has 0 spiro atoms. The van der Waals surface area contributed by atoms with Crippen LogP contribution in [-0.4, -0.2) is 42.5 Å². The molecule has 3 rings (SSSR count). The van der Waals surface area contributed by atoms with Gasteiger partial charge in [-0.3, -0.25) is 9.59 Å². The minimum absolute atomic E-state index is 0.0487. The second-order valence-corrected chi connectivity index (χ2v) is 7.18. The Morgan fingerprint density at radius 2 is 1.75 bits per heavy atom. The smallest absolute Gasteiger partial charge is 0.253 e. The monoisotopic (exact) mass is 381 g/mol. The van der Waals surface area contributed by atoms with Crippen LogP contribution in [0.3, 0.4) is 0 Å². The average Bonchev–Trinajstić information content (AvgIpc) is 3.20. The van der Waals surface area contributed by atoms with Crippen LogP contribution >= 0.6 is 0 Å². The molecule has 0 radical (unpaired) electrons. The molecule has 1 aliphatic heterocycles. The molecule has 2 N–H and O–H groups in total. The topological polar surface area (TPSA) is 70.7 Å². The Hall–Kier alpha value is -3.02. The molecule has 2 aromatic carbocycles. The van der Waals surface area contributed by atoms with Crippen LogP contribution in [-0.2, 0) is 4.79 Å². The molecule has 0 bridgehead atoms. The fourth-order valence-corrected chi connectivity index (χ4v) is 3.17. The molecule has 0 aliphatic carbocycles. The summed E-state index contributed by atoms with van der Waals surface area (Å²) in [6.45, 7) is 5.66. The van der Waals surface area contributed by atoms with Gasteiger partial charge in [-0.05, 0) is 57.0 Å². The van der Waals surface area contributed by atoms with Crippen molar-refractivity contribution in [2.24, 2.45) is 0 Å². The molecule has 6 heteroatoms. The van der Waals surface area contributed by atoms with Crippen LogP contribution in [0.2, 0.25) is 0 Å². The van der Waals surface area contributed by atoms with Crippen LogP contribution in [0.15, 0.2) is 48.5 Å². The quantitative estimate of drug-likeness (QED) is 0.766. The summed E-state index contributed by atoms with van der Waals surface area (Å²) >= 11 is 0. The third-order valence-electron chi connectivity index (χ3n) is 4.45. The first-order valence-electron chi connectivity index (χ1n) is 9.71. The third-order valence-corrected chi connectivity index (χ3v) is 4.45. The Kier molecular flexibility index (Phi) is 6.53. The van der Waals surface area contributed by atoms with Gasteiger partial charge in [0.15, 0.2) is 0 Å². The summed E-state index contributed by atoms with van der Waals surface area (Å²) in [6, 6.07) is 14.6. The van der Waals surface area contributed by atoms with E-state index in [1.54, 1.807) is 12.1 Å². The third kappa shape index (κ3) is 5.49. The highest BCUT2D eigenvalue weighted by atomic mass is 16.5. The van der Waals surface area contributed by atoms with E-state index in [1.807, 2.05) is 55.1 Å². The Bertz CT molecular complexity index is 829. The number of likely N-dealkylation sites (tertiary alicyclic amines) is 1. The number of carbonyl (C=O) groups excluding carboxylic acids is 2. The fraction of sp³-hybridized carbons (Fsp3) is 0.364. The molecule has 1 heterocycles. The van der Waals surface area contributed by atoms with Gasteiger partial charge < -0.3 is 20.3 Å². The molecule has 2 aromatic rings. The molecule has 1 fully saturated rings. The van der Waals surface area contributed by atoms with E-state index in [0.29, 0.717) is 17.0 Å². The molecule has 2 amide bonds. The maximum Gasteiger partial charge on any atom is 0.253 e. The highest BCUT2D eigenvalue weighted by Gasteiger charge is 2.19. The lowest BCUT2D eigenvalue weighted by Gasteiger charge is -2.16. The van der Waals surface area contributed by atoms with Crippen molar-refractivity contribution >= 4 is 23.2 Å². The van der Waals surface area contributed by atoms with Crippen molar-refractivity contribution in [2.75, 3.05) is 30.3 Å². The summed E-state index contributed by atoms with van der Waals surface area (Å²) in [7, 11) is 0. The zero-order valence-corrected chi connectivity index (χ0v) is 16.4. The van der Waals surface area contributed by atoms with E-state index in [0.717, 1.165) is 31.6 Å². The van der Waals surface area contributed by atoms with E-state index in [-0.39, 0.29) is 24.5 Å². The summed E-state index contributed by atoms with van der Waals surface area (Å²) in [5.41, 5.74) is 2.07. The molecule has 0 unspecified atom stereocenters. The number of nitrogens with one attached hydrogen (secondary N) is 2. The van der Waals surface area contributed by atoms with Gasteiger partial charge in [-0.25, -0.2) is 0 Å². The highest BCUT2D eigenvalue weighted by Crippen LogP contribution is 2.19. The van der Waals surface area contributed by atoms with Crippen LogP contribution in [0.25, 0.3) is 0 Å². The highest BCUT2D eigenvalue weighted by molar-refractivity contribution is 5.96. The normalized spacial score (nSPS) is 13.5. The van der Waals surface area contributed by atoms with Gasteiger partial charge in [0.2, 0.25) is 5.91 Å². The molecule has 0 saturated carbocycles. The largest absolute Gasteiger partial charge is 0.491 e. The van der Waals surface area contributed by atoms with Crippen molar-refractivity contribution in [3.63, 3.8) is 0 Å². The lowest BCUT2D eigenvalue weighted by molar-refractivity contribution is -0.114. The van der Waals surface area contributed by atoms with E-state index < -0.39 is 0 Å². The maximum atomic E-state index is 12.5. The van der Waals surface area contributed by atoms with E-state index in [4.69, 9.17) is 4.74 Å². The van der Waals surface area contributed by atoms with E-state index in [9.17, 15) is 9.59 Å². The predicted molar refractivity (Wildman–Crippen MR) is 111 cm³/mol. The van der Waals surface area contributed by atoms with Crippen molar-refractivity contribution in [3.05, 3.63) is 54.1 Å². The lowest BCUT2D eigenvalue weighted by Crippen LogP contribution is -2.27. The molecular formula is C22H27N3O3. The second kappa shape index (κ2) is 9.26. The maximum absolute atomic E-state index is 12.5. The minimum atomic E-state index is -0.169. The van der Waals surface area contributed by atoms with E-state index >= 15 is 0 Å². The van der Waals surface area contributed by atoms with Gasteiger partial charge in [-0.2, -0.15) is 0 Å². The summed E-state index contributed by atoms with van der Waals surface area (Å²) in [4.78, 5) is 26.6. The molecule has 1 aliphatic rings. The summed E-state index contributed by atoms with van der Waals surface area (Å²) in [6.07, 6.45) is 2.20. The number of benzene rings is 2. The van der Waals surface area contributed by atoms with Gasteiger partial charge in [-0.15, -0.1) is 0 Å². The Labute approximate surface area is 165 Å². The van der Waals surface area contributed by atoms with Crippen molar-refractivity contribution < 1.29 is 14.3 Å². The second-order valence-electron chi connectivity index (χ2n) is 7.18. The van der Waals surface area contributed by atoms with Crippen molar-refractivity contribution in [1.82, 2.24) is 4.90 Å². The van der Waals surface area contributed by atoms with Gasteiger partial charge in [0.05, 0.1) is 12.6 Å². The molecule has 28 heavy (non-hydrogen) atoms. The van der Waals surface area contributed by atoms with Gasteiger partial charge in [0, 0.05) is 36.1 Å². The number of hydrogen-bond acceptors (Lipinski definition) is 4. The summed E-state index contributed by atoms with van der Waals surface area (Å²) in [5, 5.41) is 5.93. The first-order chi connectivity index (χ1) is 13.5. The Morgan fingerprint density at radius 1 is 1.04 bits per heavy atom. The van der Waals surface area contributed by atoms with Crippen LogP contribution in [0, 0.1) is 0 Å². The van der Waals surface area contributed by atoms with Crippen molar-refractivity contribution in [1.29, 1.82) is 0 Å². The van der Waals surface area contributed by atoms with Gasteiger partial charge in [-0.1, -0.05) is 12.1 Å². The standard InChI is InChI=1S/C22H27N3O3/c1-16(2)28-20-10-6-9-19(14-20)24-21(26)15-23-18-8-5-7-17(13-18)22(27)25-11-3-4-12-25/h5-10,13-14,16,23H,3-4,11-12,15H2,1-2H3,(H,24,26). The molecular weight excluding hydrogens is 354 g/mol. The molecule has 1 saturated heterocycles. The lowest BCUT2D eigenvalue weighted by atomic mass is 10.1. The van der Waals surface area contributed by atoms with Gasteiger partial charge >= 0.3 is 0 Å². The number of nitrogens with zero attached hydrogens (tertiary/aromatic N) is 1. The number of hydrogen-bond donors (Lipinski definition) is 2. The molecule has 0 atom stereocenters. The minimum Gasteiger partial charge on any atom is -0.491 e. The number of carbonyl (C=O) groups is 2. The molecule has 0 aromatic heterocycles. The van der Waals surface area contributed by atoms with Gasteiger partial charge in [0.25, 0.3) is 5.91 Å². The van der Waals surface area contributed by atoms with Crippen LogP contribution in [0.5, 0.6) is 5.75 Å². The van der Waals surface area contributed by atoms with Crippen LogP contribution < -0.4 is 15.4 Å². The summed E-state index contributed by atoms with van der Waals surface area (Å²) < 4.78 is 5.64. The Morgan fingerprint density at radius 3 is 2.50 bits per heavy atom. The first-order valence-corrected chi connectivity index (χ1v) is 9.71. The van der Waals surface area contributed by atoms with Gasteiger partial charge in [0.1, 0.15) is 5.75 Å². The average molecular weight is 381 g/mol. The first kappa shape index (κ1) is 19.7. The van der Waals surface area contributed by atoms with Crippen LogP contribution in [0.4, 0.5) is 11.4 Å². The van der Waals surface area contributed by atoms with Crippen LogP contribution in [0.1, 0.15) is 37.0 Å². The molecule has 148 valence electrons. The number of rotatable bonds is 7. The van der Waals surface area contributed by atoms with Crippen molar-refractivity contribution in [3.8, 4) is 5.75 Å². The predicted octanol–water partition coefficient (Wildman–Crippen LogP) is 3.76. The molecule has 6 nitrogen and oxygen atoms in total. The summed E-state index contributed by atoms with van der Waals surface area (Å²) in [5.74, 6) is 0.597. The zero-order chi connectivity index (χ0) is 19.9. The Balaban J connectivity index is 1.54. The number of amides is 2. The number of ether oxygens (including phenoxy) is 1. The zero-order valence-electron chi connectivity index (χ0n) is 16.4. The SMILES string of the molecule is CC(C)Oc1cccc(NC(=O)CNc2cccc(C(=O)N3CCCC3)c2)c1. The fourth-order valence-electron chi connectivity index (χ4n) is 3.17. The van der Waals surface area contributed by atoms with E-state index in [1.165, 1.54) is 0 Å².